The van der Waals surface area contributed by atoms with Crippen molar-refractivity contribution in [1.29, 1.82) is 0 Å². The minimum atomic E-state index is -0.186. The predicted molar refractivity (Wildman–Crippen MR) is 83.1 cm³/mol. The van der Waals surface area contributed by atoms with Gasteiger partial charge in [0.1, 0.15) is 5.76 Å². The Balaban J connectivity index is 1.46. The normalized spacial score (nSPS) is 18.9. The zero-order valence-corrected chi connectivity index (χ0v) is 13.2. The van der Waals surface area contributed by atoms with Gasteiger partial charge in [-0.2, -0.15) is 0 Å². The number of amides is 3. The first-order valence-corrected chi connectivity index (χ1v) is 8.22. The molecule has 23 heavy (non-hydrogen) atoms. The Morgan fingerprint density at radius 1 is 1.17 bits per heavy atom. The minimum Gasteiger partial charge on any atom is -0.454 e. The second kappa shape index (κ2) is 7.50. The number of rotatable bonds is 4. The van der Waals surface area contributed by atoms with E-state index in [0.29, 0.717) is 37.8 Å². The number of carbonyl (C=O) groups excluding carboxylic acids is 2. The van der Waals surface area contributed by atoms with E-state index in [4.69, 9.17) is 9.15 Å². The fraction of sp³-hybridized carbons (Fsp3) is 0.625. The second-order valence-corrected chi connectivity index (χ2v) is 5.98. The van der Waals surface area contributed by atoms with E-state index in [-0.39, 0.29) is 24.5 Å². The molecule has 0 unspecified atom stereocenters. The van der Waals surface area contributed by atoms with Crippen LogP contribution in [0, 0.1) is 0 Å². The van der Waals surface area contributed by atoms with Crippen LogP contribution in [0.3, 0.4) is 0 Å². The van der Waals surface area contributed by atoms with Crippen LogP contribution >= 0.6 is 0 Å². The van der Waals surface area contributed by atoms with Gasteiger partial charge < -0.3 is 24.7 Å². The van der Waals surface area contributed by atoms with E-state index in [0.717, 1.165) is 12.8 Å². The fourth-order valence-corrected chi connectivity index (χ4v) is 2.98. The Morgan fingerprint density at radius 2 is 1.91 bits per heavy atom. The van der Waals surface area contributed by atoms with E-state index < -0.39 is 0 Å². The van der Waals surface area contributed by atoms with Crippen LogP contribution in [0.25, 0.3) is 0 Å². The van der Waals surface area contributed by atoms with Crippen LogP contribution in [-0.2, 0) is 11.3 Å². The number of urea groups is 1. The molecule has 2 fully saturated rings. The lowest BCUT2D eigenvalue weighted by Crippen LogP contribution is -2.40. The number of nitrogens with zero attached hydrogens (tertiary/aromatic N) is 1. The minimum absolute atomic E-state index is 0.130. The highest BCUT2D eigenvalue weighted by atomic mass is 16.5. The maximum atomic E-state index is 12.3. The van der Waals surface area contributed by atoms with Gasteiger partial charge in [-0.15, -0.1) is 0 Å². The molecule has 1 aliphatic heterocycles. The highest BCUT2D eigenvalue weighted by molar-refractivity contribution is 5.91. The van der Waals surface area contributed by atoms with Crippen molar-refractivity contribution in [3.63, 3.8) is 0 Å². The van der Waals surface area contributed by atoms with Crippen molar-refractivity contribution < 1.29 is 18.7 Å². The first-order chi connectivity index (χ1) is 11.2. The van der Waals surface area contributed by atoms with Crippen LogP contribution in [0.4, 0.5) is 4.79 Å². The van der Waals surface area contributed by atoms with Crippen molar-refractivity contribution in [2.45, 2.75) is 38.3 Å². The summed E-state index contributed by atoms with van der Waals surface area (Å²) in [6, 6.07) is 3.48. The largest absolute Gasteiger partial charge is 0.454 e. The molecule has 7 nitrogen and oxygen atoms in total. The summed E-state index contributed by atoms with van der Waals surface area (Å²) in [5, 5.41) is 5.72. The van der Waals surface area contributed by atoms with E-state index in [1.54, 1.807) is 17.0 Å². The molecule has 1 aromatic rings. The second-order valence-electron chi connectivity index (χ2n) is 5.98. The molecule has 0 aromatic carbocycles. The third-order valence-electron chi connectivity index (χ3n) is 4.28. The number of furan rings is 1. The van der Waals surface area contributed by atoms with Gasteiger partial charge in [0.15, 0.2) is 5.76 Å². The van der Waals surface area contributed by atoms with Gasteiger partial charge in [-0.3, -0.25) is 4.79 Å². The van der Waals surface area contributed by atoms with Gasteiger partial charge in [0, 0.05) is 19.1 Å². The van der Waals surface area contributed by atoms with Crippen LogP contribution in [0.2, 0.25) is 0 Å². The van der Waals surface area contributed by atoms with Crippen LogP contribution in [0.1, 0.15) is 42.0 Å². The number of carbonyl (C=O) groups is 2. The van der Waals surface area contributed by atoms with Gasteiger partial charge in [-0.1, -0.05) is 12.8 Å². The van der Waals surface area contributed by atoms with Gasteiger partial charge in [0.2, 0.25) is 0 Å². The third-order valence-corrected chi connectivity index (χ3v) is 4.28. The molecule has 7 heteroatoms. The molecule has 1 saturated carbocycles. The lowest BCUT2D eigenvalue weighted by molar-refractivity contribution is 0.0281. The van der Waals surface area contributed by atoms with Crippen molar-refractivity contribution in [1.82, 2.24) is 15.5 Å². The molecule has 0 radical (unpaired) electrons. The van der Waals surface area contributed by atoms with Crippen molar-refractivity contribution >= 4 is 11.9 Å². The quantitative estimate of drug-likeness (QED) is 0.880. The number of hydrogen-bond donors (Lipinski definition) is 2. The van der Waals surface area contributed by atoms with Gasteiger partial charge in [-0.05, 0) is 25.0 Å². The van der Waals surface area contributed by atoms with Gasteiger partial charge in [-0.25, -0.2) is 4.79 Å². The zero-order chi connectivity index (χ0) is 16.1. The molecule has 1 aromatic heterocycles. The smallest absolute Gasteiger partial charge is 0.315 e. The number of nitrogens with one attached hydrogen (secondary N) is 2. The highest BCUT2D eigenvalue weighted by Gasteiger charge is 2.21. The molecule has 2 N–H and O–H groups in total. The Kier molecular flexibility index (Phi) is 5.17. The molecule has 3 rings (SSSR count). The molecule has 0 bridgehead atoms. The Hall–Kier alpha value is -2.02. The lowest BCUT2D eigenvalue weighted by Gasteiger charge is -2.25. The van der Waals surface area contributed by atoms with Crippen molar-refractivity contribution in [2.75, 3.05) is 26.3 Å². The number of hydrogen-bond acceptors (Lipinski definition) is 4. The molecule has 3 amide bonds. The first kappa shape index (κ1) is 15.9. The molecule has 2 heterocycles. The first-order valence-electron chi connectivity index (χ1n) is 8.22. The monoisotopic (exact) mass is 321 g/mol. The van der Waals surface area contributed by atoms with E-state index in [2.05, 4.69) is 10.6 Å². The van der Waals surface area contributed by atoms with Crippen molar-refractivity contribution in [3.05, 3.63) is 23.7 Å². The van der Waals surface area contributed by atoms with Crippen LogP contribution < -0.4 is 10.6 Å². The van der Waals surface area contributed by atoms with Crippen molar-refractivity contribution in [3.8, 4) is 0 Å². The van der Waals surface area contributed by atoms with Crippen LogP contribution in [0.5, 0.6) is 0 Å². The Labute approximate surface area is 135 Å². The zero-order valence-electron chi connectivity index (χ0n) is 13.2. The van der Waals surface area contributed by atoms with Gasteiger partial charge in [0.05, 0.1) is 19.8 Å². The molecule has 1 aliphatic carbocycles. The molecule has 2 aliphatic rings. The summed E-state index contributed by atoms with van der Waals surface area (Å²) in [6.45, 7) is 2.55. The number of ether oxygens (including phenoxy) is 1. The summed E-state index contributed by atoms with van der Waals surface area (Å²) >= 11 is 0. The Morgan fingerprint density at radius 3 is 2.65 bits per heavy atom. The summed E-state index contributed by atoms with van der Waals surface area (Å²) in [4.78, 5) is 25.8. The van der Waals surface area contributed by atoms with Crippen LogP contribution in [0.15, 0.2) is 16.5 Å². The average molecular weight is 321 g/mol. The van der Waals surface area contributed by atoms with E-state index in [1.807, 2.05) is 0 Å². The molecule has 0 spiro atoms. The maximum absolute atomic E-state index is 12.3. The Bertz CT molecular complexity index is 545. The molecule has 126 valence electrons. The van der Waals surface area contributed by atoms with Gasteiger partial charge >= 0.3 is 6.03 Å². The molecule has 1 saturated heterocycles. The summed E-state index contributed by atoms with van der Waals surface area (Å²) < 4.78 is 10.8. The summed E-state index contributed by atoms with van der Waals surface area (Å²) in [5.74, 6) is 0.748. The topological polar surface area (TPSA) is 83.8 Å². The predicted octanol–water partition coefficient (Wildman–Crippen LogP) is 1.49. The lowest BCUT2D eigenvalue weighted by atomic mass is 10.2. The molecule has 0 atom stereocenters. The highest BCUT2D eigenvalue weighted by Crippen LogP contribution is 2.17. The average Bonchev–Trinajstić information content (AvgIpc) is 3.25. The van der Waals surface area contributed by atoms with E-state index in [9.17, 15) is 9.59 Å². The number of morpholine rings is 1. The molecular formula is C16H23N3O4. The van der Waals surface area contributed by atoms with Crippen molar-refractivity contribution in [2.24, 2.45) is 0 Å². The maximum Gasteiger partial charge on any atom is 0.315 e. The summed E-state index contributed by atoms with van der Waals surface area (Å²) in [7, 11) is 0. The summed E-state index contributed by atoms with van der Waals surface area (Å²) in [6.07, 6.45) is 4.45. The SMILES string of the molecule is O=C(NCc1ccc(C(=O)N2CCOCC2)o1)NC1CCCC1. The fourth-order valence-electron chi connectivity index (χ4n) is 2.98. The van der Waals surface area contributed by atoms with E-state index in [1.165, 1.54) is 12.8 Å². The molecular weight excluding hydrogens is 298 g/mol. The standard InChI is InChI=1S/C16H23N3O4/c20-15(19-7-9-22-10-8-19)14-6-5-13(23-14)11-17-16(21)18-12-3-1-2-4-12/h5-6,12H,1-4,7-11H2,(H2,17,18,21). The summed E-state index contributed by atoms with van der Waals surface area (Å²) in [5.41, 5.74) is 0. The van der Waals surface area contributed by atoms with Crippen LogP contribution in [-0.4, -0.2) is 49.2 Å². The third kappa shape index (κ3) is 4.25. The van der Waals surface area contributed by atoms with E-state index >= 15 is 0 Å². The van der Waals surface area contributed by atoms with Gasteiger partial charge in [0.25, 0.3) is 5.91 Å².